The van der Waals surface area contributed by atoms with E-state index in [0.29, 0.717) is 45.8 Å². The van der Waals surface area contributed by atoms with E-state index >= 15 is 0 Å². The minimum absolute atomic E-state index is 0.0284. The molecule has 1 atom stereocenters. The number of carbonyl (C=O) groups is 2. The van der Waals surface area contributed by atoms with Crippen LogP contribution in [0.2, 0.25) is 5.02 Å². The fraction of sp³-hybridized carbons (Fsp3) is 0.346. The maximum absolute atomic E-state index is 13.3. The number of benzene rings is 1. The Morgan fingerprint density at radius 3 is 2.89 bits per heavy atom. The number of amides is 2. The molecule has 4 heterocycles. The van der Waals surface area contributed by atoms with E-state index in [1.54, 1.807) is 30.5 Å². The largest absolute Gasteiger partial charge is 0.423 e. The van der Waals surface area contributed by atoms with Gasteiger partial charge in [0.15, 0.2) is 5.58 Å². The number of nitrogen functional groups attached to an aromatic ring is 1. The van der Waals surface area contributed by atoms with E-state index in [2.05, 4.69) is 39.0 Å². The highest BCUT2D eigenvalue weighted by Gasteiger charge is 2.30. The number of nitrogens with one attached hydrogen (secondary N) is 1. The Bertz CT molecular complexity index is 1520. The van der Waals surface area contributed by atoms with Crippen molar-refractivity contribution in [3.05, 3.63) is 53.5 Å². The third kappa shape index (κ3) is 5.07. The van der Waals surface area contributed by atoms with E-state index in [-0.39, 0.29) is 23.8 Å². The molecule has 0 spiro atoms. The Kier molecular flexibility index (Phi) is 7.30. The van der Waals surface area contributed by atoms with Gasteiger partial charge >= 0.3 is 6.01 Å². The van der Waals surface area contributed by atoms with Gasteiger partial charge in [-0.1, -0.05) is 31.5 Å². The van der Waals surface area contributed by atoms with Gasteiger partial charge in [0.05, 0.1) is 17.0 Å². The van der Waals surface area contributed by atoms with Gasteiger partial charge in [0, 0.05) is 36.9 Å². The van der Waals surface area contributed by atoms with Crippen LogP contribution in [0.1, 0.15) is 36.7 Å². The number of anilines is 2. The number of likely N-dealkylation sites (N-methyl/N-ethyl adjacent to an activating group) is 1. The van der Waals surface area contributed by atoms with Crippen LogP contribution >= 0.6 is 11.6 Å². The highest BCUT2D eigenvalue weighted by atomic mass is 35.5. The maximum Gasteiger partial charge on any atom is 0.302 e. The van der Waals surface area contributed by atoms with Crippen LogP contribution < -0.4 is 11.1 Å². The minimum atomic E-state index is -0.460. The summed E-state index contributed by atoms with van der Waals surface area (Å²) in [6.07, 6.45) is 7.34. The van der Waals surface area contributed by atoms with Crippen molar-refractivity contribution < 1.29 is 14.0 Å². The molecule has 1 fully saturated rings. The zero-order valence-corrected chi connectivity index (χ0v) is 22.0. The highest BCUT2D eigenvalue weighted by molar-refractivity contribution is 6.31. The monoisotopic (exact) mass is 536 g/mol. The number of aromatic nitrogens is 4. The van der Waals surface area contributed by atoms with Crippen LogP contribution in [0, 0.1) is 0 Å². The van der Waals surface area contributed by atoms with E-state index in [9.17, 15) is 9.59 Å². The summed E-state index contributed by atoms with van der Waals surface area (Å²) in [5.74, 6) is -0.300. The van der Waals surface area contributed by atoms with Gasteiger partial charge in [-0.3, -0.25) is 14.9 Å². The Balaban J connectivity index is 1.36. The van der Waals surface area contributed by atoms with E-state index in [1.165, 1.54) is 6.33 Å². The second-order valence-electron chi connectivity index (χ2n) is 9.11. The number of nitrogens with two attached hydrogens (primary N) is 1. The van der Waals surface area contributed by atoms with Gasteiger partial charge in [0.25, 0.3) is 5.91 Å². The van der Waals surface area contributed by atoms with Gasteiger partial charge in [-0.2, -0.15) is 4.98 Å². The third-order valence-corrected chi connectivity index (χ3v) is 7.08. The summed E-state index contributed by atoms with van der Waals surface area (Å²) < 4.78 is 7.54. The zero-order chi connectivity index (χ0) is 26.8. The lowest BCUT2D eigenvalue weighted by Gasteiger charge is -2.17. The lowest BCUT2D eigenvalue weighted by molar-refractivity contribution is -0.125. The summed E-state index contributed by atoms with van der Waals surface area (Å²) in [7, 11) is 0. The predicted molar refractivity (Wildman–Crippen MR) is 146 cm³/mol. The number of carbonyl (C=O) groups excluding carboxylic acids is 2. The first-order chi connectivity index (χ1) is 18.4. The Morgan fingerprint density at radius 1 is 1.29 bits per heavy atom. The van der Waals surface area contributed by atoms with E-state index < -0.39 is 5.91 Å². The fourth-order valence-corrected chi connectivity index (χ4v) is 4.90. The second-order valence-corrected chi connectivity index (χ2v) is 9.54. The van der Waals surface area contributed by atoms with Gasteiger partial charge < -0.3 is 24.5 Å². The smallest absolute Gasteiger partial charge is 0.302 e. The van der Waals surface area contributed by atoms with Crippen molar-refractivity contribution in [3.63, 3.8) is 0 Å². The molecule has 0 radical (unpaired) electrons. The van der Waals surface area contributed by atoms with Crippen LogP contribution in [0.4, 0.5) is 11.8 Å². The molecule has 3 aromatic heterocycles. The summed E-state index contributed by atoms with van der Waals surface area (Å²) in [5, 5.41) is 3.65. The quantitative estimate of drug-likeness (QED) is 0.325. The molecule has 38 heavy (non-hydrogen) atoms. The Labute approximate surface area is 224 Å². The number of oxazole rings is 1. The van der Waals surface area contributed by atoms with Crippen molar-refractivity contribution in [1.82, 2.24) is 29.3 Å². The molecule has 1 saturated heterocycles. The molecule has 11 nitrogen and oxygen atoms in total. The molecule has 1 aliphatic heterocycles. The maximum atomic E-state index is 13.3. The minimum Gasteiger partial charge on any atom is -0.423 e. The average molecular weight is 537 g/mol. The summed E-state index contributed by atoms with van der Waals surface area (Å²) >= 11 is 6.03. The molecule has 1 aromatic carbocycles. The molecular formula is C26H29ClN8O3. The molecule has 0 saturated carbocycles. The van der Waals surface area contributed by atoms with Crippen molar-refractivity contribution in [1.29, 1.82) is 0 Å². The van der Waals surface area contributed by atoms with Crippen LogP contribution in [0.3, 0.4) is 0 Å². The number of nitrogens with zero attached hydrogens (tertiary/aromatic N) is 6. The van der Waals surface area contributed by atoms with Crippen LogP contribution in [-0.2, 0) is 4.79 Å². The second kappa shape index (κ2) is 10.8. The summed E-state index contributed by atoms with van der Waals surface area (Å²) in [6.45, 7) is 7.90. The first-order valence-electron chi connectivity index (χ1n) is 12.5. The van der Waals surface area contributed by atoms with E-state index in [0.717, 1.165) is 26.1 Å². The summed E-state index contributed by atoms with van der Waals surface area (Å²) in [4.78, 5) is 42.9. The van der Waals surface area contributed by atoms with Gasteiger partial charge in [-0.25, -0.2) is 9.97 Å². The molecular weight excluding hydrogens is 508 g/mol. The first kappa shape index (κ1) is 25.7. The lowest BCUT2D eigenvalue weighted by Crippen LogP contribution is -2.28. The molecule has 4 aromatic rings. The zero-order valence-electron chi connectivity index (χ0n) is 21.2. The molecule has 5 rings (SSSR count). The third-order valence-electron chi connectivity index (χ3n) is 6.84. The predicted octanol–water partition coefficient (Wildman–Crippen LogP) is 3.73. The molecule has 12 heteroatoms. The number of rotatable bonds is 8. The van der Waals surface area contributed by atoms with Gasteiger partial charge in [-0.05, 0) is 37.7 Å². The number of halogens is 1. The van der Waals surface area contributed by atoms with Crippen molar-refractivity contribution in [2.24, 2.45) is 0 Å². The fourth-order valence-electron chi connectivity index (χ4n) is 4.74. The number of fused-ring (bicyclic) bond motifs is 2. The van der Waals surface area contributed by atoms with E-state index in [4.69, 9.17) is 21.8 Å². The molecule has 0 aliphatic carbocycles. The van der Waals surface area contributed by atoms with Crippen LogP contribution in [-0.4, -0.2) is 73.9 Å². The Hall–Kier alpha value is -3.96. The number of likely N-dealkylation sites (tertiary alicyclic amines) is 1. The summed E-state index contributed by atoms with van der Waals surface area (Å²) in [5.41, 5.74) is 8.03. The van der Waals surface area contributed by atoms with Crippen molar-refractivity contribution in [2.75, 3.05) is 43.8 Å². The van der Waals surface area contributed by atoms with Crippen LogP contribution in [0.25, 0.3) is 22.1 Å². The van der Waals surface area contributed by atoms with Crippen molar-refractivity contribution >= 4 is 57.4 Å². The molecule has 198 valence electrons. The van der Waals surface area contributed by atoms with Gasteiger partial charge in [0.1, 0.15) is 23.3 Å². The van der Waals surface area contributed by atoms with Gasteiger partial charge in [0.2, 0.25) is 5.91 Å². The first-order valence-corrected chi connectivity index (χ1v) is 12.9. The van der Waals surface area contributed by atoms with Crippen molar-refractivity contribution in [3.8, 4) is 0 Å². The number of hydrogen-bond acceptors (Lipinski definition) is 8. The molecule has 1 unspecified atom stereocenters. The standard InChI is InChI=1S/C26H29ClN8O3/c1-3-33(4-2)10-5-6-21(36)34-11-9-17(13-34)35-14-18(22-23(28)29-15-30-24(22)35)25(37)32-26-31-19-12-16(27)7-8-20(19)38-26/h5-8,12,14-15,17H,3-4,9-11,13H2,1-2H3,(H2,28,29,30)(H,31,32,37). The molecule has 2 amide bonds. The normalized spacial score (nSPS) is 15.9. The molecule has 1 aliphatic rings. The summed E-state index contributed by atoms with van der Waals surface area (Å²) in [6, 6.07) is 4.99. The van der Waals surface area contributed by atoms with Crippen LogP contribution in [0.15, 0.2) is 47.3 Å². The molecule has 3 N–H and O–H groups in total. The SMILES string of the molecule is CCN(CC)CC=CC(=O)N1CCC(n2cc(C(=O)Nc3nc4cc(Cl)ccc4o3)c3c(N)ncnc32)C1. The number of hydrogen-bond donors (Lipinski definition) is 2. The highest BCUT2D eigenvalue weighted by Crippen LogP contribution is 2.32. The average Bonchev–Trinajstić information content (AvgIpc) is 3.63. The molecule has 0 bridgehead atoms. The Morgan fingerprint density at radius 2 is 2.11 bits per heavy atom. The van der Waals surface area contributed by atoms with E-state index in [1.807, 2.05) is 15.5 Å². The lowest BCUT2D eigenvalue weighted by atomic mass is 10.2. The van der Waals surface area contributed by atoms with Crippen molar-refractivity contribution in [2.45, 2.75) is 26.3 Å². The van der Waals surface area contributed by atoms with Crippen LogP contribution in [0.5, 0.6) is 0 Å². The van der Waals surface area contributed by atoms with Gasteiger partial charge in [-0.15, -0.1) is 0 Å². The topological polar surface area (TPSA) is 135 Å².